The van der Waals surface area contributed by atoms with Crippen molar-refractivity contribution in [2.45, 2.75) is 6.10 Å². The first kappa shape index (κ1) is 18.9. The lowest BCUT2D eigenvalue weighted by Crippen LogP contribution is -2.49. The van der Waals surface area contributed by atoms with Crippen LogP contribution >= 0.6 is 0 Å². The van der Waals surface area contributed by atoms with Crippen molar-refractivity contribution in [3.63, 3.8) is 0 Å². The molecular weight excluding hydrogens is 328 g/mol. The first-order chi connectivity index (χ1) is 12.8. The molecule has 2 aromatic carbocycles. The highest BCUT2D eigenvalue weighted by Crippen LogP contribution is 2.29. The summed E-state index contributed by atoms with van der Waals surface area (Å²) in [5, 5.41) is 19.4. The van der Waals surface area contributed by atoms with E-state index in [1.54, 1.807) is 0 Å². The zero-order chi connectivity index (χ0) is 18.2. The maximum absolute atomic E-state index is 10.4. The van der Waals surface area contributed by atoms with E-state index in [-0.39, 0.29) is 13.2 Å². The largest absolute Gasteiger partial charge is 0.490 e. The number of ether oxygens (including phenoxy) is 1. The Hall–Kier alpha value is -1.92. The molecule has 5 nitrogen and oxygen atoms in total. The average Bonchev–Trinajstić information content (AvgIpc) is 2.69. The molecule has 2 N–H and O–H groups in total. The fraction of sp³-hybridized carbons (Fsp3) is 0.429. The molecule has 1 fully saturated rings. The van der Waals surface area contributed by atoms with Crippen LogP contribution in [0.25, 0.3) is 11.1 Å². The van der Waals surface area contributed by atoms with Crippen LogP contribution in [0, 0.1) is 0 Å². The van der Waals surface area contributed by atoms with Crippen molar-refractivity contribution in [3.8, 4) is 16.9 Å². The summed E-state index contributed by atoms with van der Waals surface area (Å²) in [6, 6.07) is 18.1. The van der Waals surface area contributed by atoms with Crippen molar-refractivity contribution in [2.75, 3.05) is 52.5 Å². The first-order valence-electron chi connectivity index (χ1n) is 9.27. The van der Waals surface area contributed by atoms with Gasteiger partial charge in [-0.3, -0.25) is 9.80 Å². The van der Waals surface area contributed by atoms with Gasteiger partial charge in [0.15, 0.2) is 0 Å². The topological polar surface area (TPSA) is 56.2 Å². The van der Waals surface area contributed by atoms with E-state index in [1.165, 1.54) is 0 Å². The SMILES string of the molecule is OCCN1CCN(C[C@@H](O)COc2ccccc2-c2ccccc2)CC1. The third-order valence-electron chi connectivity index (χ3n) is 4.75. The monoisotopic (exact) mass is 356 g/mol. The molecule has 0 spiro atoms. The standard InChI is InChI=1S/C21H28N2O3/c24-15-14-22-10-12-23(13-11-22)16-19(25)17-26-21-9-5-4-8-20(21)18-6-2-1-3-7-18/h1-9,19,24-25H,10-17H2/t19-/m1/s1. The molecule has 0 aromatic heterocycles. The summed E-state index contributed by atoms with van der Waals surface area (Å²) in [5.41, 5.74) is 2.15. The van der Waals surface area contributed by atoms with Gasteiger partial charge in [0.1, 0.15) is 18.5 Å². The number of aliphatic hydroxyl groups excluding tert-OH is 2. The molecule has 140 valence electrons. The molecule has 1 atom stereocenters. The third kappa shape index (κ3) is 5.29. The Morgan fingerprint density at radius 1 is 0.885 bits per heavy atom. The molecule has 0 radical (unpaired) electrons. The number of aliphatic hydroxyl groups is 2. The Labute approximate surface area is 155 Å². The highest BCUT2D eigenvalue weighted by atomic mass is 16.5. The lowest BCUT2D eigenvalue weighted by molar-refractivity contribution is 0.0430. The van der Waals surface area contributed by atoms with E-state index in [4.69, 9.17) is 9.84 Å². The van der Waals surface area contributed by atoms with Crippen LogP contribution in [0.4, 0.5) is 0 Å². The first-order valence-corrected chi connectivity index (χ1v) is 9.27. The van der Waals surface area contributed by atoms with E-state index >= 15 is 0 Å². The lowest BCUT2D eigenvalue weighted by Gasteiger charge is -2.35. The second-order valence-corrected chi connectivity index (χ2v) is 6.69. The van der Waals surface area contributed by atoms with Crippen molar-refractivity contribution < 1.29 is 14.9 Å². The Balaban J connectivity index is 1.50. The number of hydrogen-bond donors (Lipinski definition) is 2. The van der Waals surface area contributed by atoms with Gasteiger partial charge in [-0.15, -0.1) is 0 Å². The second kappa shape index (κ2) is 9.69. The van der Waals surface area contributed by atoms with E-state index < -0.39 is 6.10 Å². The summed E-state index contributed by atoms with van der Waals surface area (Å²) < 4.78 is 5.93. The normalized spacial score (nSPS) is 17.2. The van der Waals surface area contributed by atoms with Crippen molar-refractivity contribution in [1.82, 2.24) is 9.80 Å². The van der Waals surface area contributed by atoms with Crippen LogP contribution < -0.4 is 4.74 Å². The fourth-order valence-electron chi connectivity index (χ4n) is 3.32. The van der Waals surface area contributed by atoms with Crippen LogP contribution in [0.1, 0.15) is 0 Å². The number of para-hydroxylation sites is 1. The molecule has 1 aliphatic rings. The van der Waals surface area contributed by atoms with Gasteiger partial charge in [-0.2, -0.15) is 0 Å². The van der Waals surface area contributed by atoms with Gasteiger partial charge in [-0.05, 0) is 11.6 Å². The maximum atomic E-state index is 10.4. The highest BCUT2D eigenvalue weighted by Gasteiger charge is 2.19. The van der Waals surface area contributed by atoms with Gasteiger partial charge in [-0.1, -0.05) is 48.5 Å². The summed E-state index contributed by atoms with van der Waals surface area (Å²) >= 11 is 0. The molecule has 26 heavy (non-hydrogen) atoms. The molecule has 5 heteroatoms. The smallest absolute Gasteiger partial charge is 0.127 e. The highest BCUT2D eigenvalue weighted by molar-refractivity contribution is 5.70. The minimum absolute atomic E-state index is 0.206. The minimum Gasteiger partial charge on any atom is -0.490 e. The van der Waals surface area contributed by atoms with E-state index in [2.05, 4.69) is 21.9 Å². The van der Waals surface area contributed by atoms with Crippen LogP contribution in [-0.4, -0.2) is 78.6 Å². The van der Waals surface area contributed by atoms with Crippen LogP contribution in [0.15, 0.2) is 54.6 Å². The summed E-state index contributed by atoms with van der Waals surface area (Å²) in [6.45, 7) is 5.53. The van der Waals surface area contributed by atoms with Gasteiger partial charge in [0.25, 0.3) is 0 Å². The lowest BCUT2D eigenvalue weighted by atomic mass is 10.1. The van der Waals surface area contributed by atoms with Gasteiger partial charge >= 0.3 is 0 Å². The molecule has 0 amide bonds. The second-order valence-electron chi connectivity index (χ2n) is 6.69. The van der Waals surface area contributed by atoms with Crippen LogP contribution in [0.3, 0.4) is 0 Å². The van der Waals surface area contributed by atoms with E-state index in [1.807, 2.05) is 42.5 Å². The molecule has 2 aromatic rings. The van der Waals surface area contributed by atoms with Gasteiger partial charge in [-0.25, -0.2) is 0 Å². The predicted octanol–water partition coefficient (Wildman–Crippen LogP) is 1.70. The predicted molar refractivity (Wildman–Crippen MR) is 103 cm³/mol. The van der Waals surface area contributed by atoms with Crippen molar-refractivity contribution in [3.05, 3.63) is 54.6 Å². The van der Waals surface area contributed by atoms with Crippen molar-refractivity contribution in [2.24, 2.45) is 0 Å². The maximum Gasteiger partial charge on any atom is 0.127 e. The van der Waals surface area contributed by atoms with Crippen LogP contribution in [0.2, 0.25) is 0 Å². The summed E-state index contributed by atoms with van der Waals surface area (Å²) in [4.78, 5) is 4.50. The van der Waals surface area contributed by atoms with Crippen LogP contribution in [-0.2, 0) is 0 Å². The van der Waals surface area contributed by atoms with Crippen molar-refractivity contribution in [1.29, 1.82) is 0 Å². The Bertz CT molecular complexity index is 657. The van der Waals surface area contributed by atoms with Crippen molar-refractivity contribution >= 4 is 0 Å². The number of benzene rings is 2. The Morgan fingerprint density at radius 2 is 1.54 bits per heavy atom. The molecule has 1 saturated heterocycles. The molecule has 1 heterocycles. The van der Waals surface area contributed by atoms with E-state index in [0.29, 0.717) is 6.54 Å². The summed E-state index contributed by atoms with van der Waals surface area (Å²) in [5.74, 6) is 0.797. The Morgan fingerprint density at radius 3 is 2.27 bits per heavy atom. The molecular formula is C21H28N2O3. The van der Waals surface area contributed by atoms with Crippen LogP contribution in [0.5, 0.6) is 5.75 Å². The summed E-state index contributed by atoms with van der Waals surface area (Å²) in [6.07, 6.45) is -0.525. The molecule has 0 unspecified atom stereocenters. The number of β-amino-alcohol motifs (C(OH)–C–C–N with tert-alkyl or cyclic N) is 2. The zero-order valence-corrected chi connectivity index (χ0v) is 15.1. The fourth-order valence-corrected chi connectivity index (χ4v) is 3.32. The van der Waals surface area contributed by atoms with Gasteiger partial charge in [0.2, 0.25) is 0 Å². The quantitative estimate of drug-likeness (QED) is 0.754. The van der Waals surface area contributed by atoms with Gasteiger partial charge in [0.05, 0.1) is 6.61 Å². The number of hydrogen-bond acceptors (Lipinski definition) is 5. The van der Waals surface area contributed by atoms with E-state index in [0.717, 1.165) is 49.6 Å². The number of piperazine rings is 1. The molecule has 0 saturated carbocycles. The zero-order valence-electron chi connectivity index (χ0n) is 15.1. The average molecular weight is 356 g/mol. The van der Waals surface area contributed by atoms with Gasteiger partial charge in [0, 0.05) is 44.8 Å². The molecule has 1 aliphatic heterocycles. The van der Waals surface area contributed by atoms with E-state index in [9.17, 15) is 5.11 Å². The Kier molecular flexibility index (Phi) is 7.03. The third-order valence-corrected chi connectivity index (χ3v) is 4.75. The number of rotatable bonds is 8. The molecule has 0 bridgehead atoms. The number of nitrogens with zero attached hydrogens (tertiary/aromatic N) is 2. The molecule has 3 rings (SSSR count). The van der Waals surface area contributed by atoms with Gasteiger partial charge < -0.3 is 14.9 Å². The molecule has 0 aliphatic carbocycles. The minimum atomic E-state index is -0.525. The summed E-state index contributed by atoms with van der Waals surface area (Å²) in [7, 11) is 0.